The summed E-state index contributed by atoms with van der Waals surface area (Å²) in [4.78, 5) is 28.0. The van der Waals surface area contributed by atoms with Crippen molar-refractivity contribution >= 4 is 28.3 Å². The van der Waals surface area contributed by atoms with E-state index in [1.807, 2.05) is 12.1 Å². The first-order valence-corrected chi connectivity index (χ1v) is 8.86. The summed E-state index contributed by atoms with van der Waals surface area (Å²) >= 11 is 1.20. The summed E-state index contributed by atoms with van der Waals surface area (Å²) in [7, 11) is 1.57. The molecule has 6 nitrogen and oxygen atoms in total. The Labute approximate surface area is 162 Å². The lowest BCUT2D eigenvalue weighted by Gasteiger charge is -2.05. The number of halogens is 2. The molecule has 1 heterocycles. The van der Waals surface area contributed by atoms with Crippen LogP contribution in [0.25, 0.3) is 11.3 Å². The van der Waals surface area contributed by atoms with Gasteiger partial charge < -0.3 is 9.47 Å². The Morgan fingerprint density at radius 3 is 2.57 bits per heavy atom. The van der Waals surface area contributed by atoms with Crippen molar-refractivity contribution in [1.82, 2.24) is 4.98 Å². The van der Waals surface area contributed by atoms with E-state index >= 15 is 0 Å². The lowest BCUT2D eigenvalue weighted by atomic mass is 10.2. The Morgan fingerprint density at radius 2 is 1.89 bits per heavy atom. The van der Waals surface area contributed by atoms with Crippen LogP contribution in [0.4, 0.5) is 13.9 Å². The van der Waals surface area contributed by atoms with Crippen molar-refractivity contribution in [1.29, 1.82) is 0 Å². The normalized spacial score (nSPS) is 10.4. The number of ether oxygens (including phenoxy) is 2. The Morgan fingerprint density at radius 1 is 1.14 bits per heavy atom. The van der Waals surface area contributed by atoms with Crippen molar-refractivity contribution in [3.63, 3.8) is 0 Å². The van der Waals surface area contributed by atoms with Crippen molar-refractivity contribution in [2.24, 2.45) is 0 Å². The largest absolute Gasteiger partial charge is 0.497 e. The van der Waals surface area contributed by atoms with E-state index in [-0.39, 0.29) is 0 Å². The van der Waals surface area contributed by atoms with Crippen LogP contribution in [-0.2, 0) is 9.53 Å². The fourth-order valence-electron chi connectivity index (χ4n) is 2.24. The molecule has 0 radical (unpaired) electrons. The number of nitrogens with zero attached hydrogens (tertiary/aromatic N) is 1. The lowest BCUT2D eigenvalue weighted by molar-refractivity contribution is -0.119. The highest BCUT2D eigenvalue weighted by Gasteiger charge is 2.16. The zero-order valence-electron chi connectivity index (χ0n) is 14.6. The standard InChI is InChI=1S/C19H14F2N2O4S/c1-26-13-5-2-11(3-6-13)16-10-28-19(22-16)23-17(24)9-27-18(25)14-7-4-12(20)8-15(14)21/h2-8,10H,9H2,1H3,(H,22,23,24). The van der Waals surface area contributed by atoms with Crippen molar-refractivity contribution < 1.29 is 27.8 Å². The third kappa shape index (κ3) is 4.68. The van der Waals surface area contributed by atoms with Gasteiger partial charge in [0.15, 0.2) is 11.7 Å². The van der Waals surface area contributed by atoms with E-state index in [1.165, 1.54) is 11.3 Å². The summed E-state index contributed by atoms with van der Waals surface area (Å²) in [5.74, 6) is -2.86. The zero-order chi connectivity index (χ0) is 20.1. The second-order valence-corrected chi connectivity index (χ2v) is 6.37. The van der Waals surface area contributed by atoms with Crippen LogP contribution in [0.3, 0.4) is 0 Å². The Bertz CT molecular complexity index is 1010. The maximum Gasteiger partial charge on any atom is 0.341 e. The predicted octanol–water partition coefficient (Wildman–Crippen LogP) is 3.89. The van der Waals surface area contributed by atoms with Gasteiger partial charge in [0.2, 0.25) is 0 Å². The van der Waals surface area contributed by atoms with Gasteiger partial charge in [-0.1, -0.05) is 0 Å². The maximum atomic E-state index is 13.5. The van der Waals surface area contributed by atoms with E-state index in [1.54, 1.807) is 24.6 Å². The number of rotatable bonds is 6. The van der Waals surface area contributed by atoms with Gasteiger partial charge in [-0.15, -0.1) is 11.3 Å². The van der Waals surface area contributed by atoms with Gasteiger partial charge in [-0.2, -0.15) is 0 Å². The van der Waals surface area contributed by atoms with Crippen LogP contribution < -0.4 is 10.1 Å². The molecule has 3 aromatic rings. The van der Waals surface area contributed by atoms with E-state index in [0.29, 0.717) is 22.6 Å². The minimum absolute atomic E-state index is 0.319. The average molecular weight is 404 g/mol. The molecule has 0 unspecified atom stereocenters. The van der Waals surface area contributed by atoms with Gasteiger partial charge in [-0.25, -0.2) is 18.6 Å². The van der Waals surface area contributed by atoms with E-state index < -0.39 is 35.7 Å². The first-order valence-electron chi connectivity index (χ1n) is 7.98. The Hall–Kier alpha value is -3.33. The van der Waals surface area contributed by atoms with E-state index in [2.05, 4.69) is 10.3 Å². The van der Waals surface area contributed by atoms with Crippen molar-refractivity contribution in [2.75, 3.05) is 19.0 Å². The molecule has 0 atom stereocenters. The second-order valence-electron chi connectivity index (χ2n) is 5.51. The zero-order valence-corrected chi connectivity index (χ0v) is 15.4. The summed E-state index contributed by atoms with van der Waals surface area (Å²) < 4.78 is 36.2. The molecular formula is C19H14F2N2O4S. The predicted molar refractivity (Wildman–Crippen MR) is 99.4 cm³/mol. The second kappa shape index (κ2) is 8.57. The molecule has 0 spiro atoms. The van der Waals surface area contributed by atoms with Crippen LogP contribution >= 0.6 is 11.3 Å². The molecule has 2 aromatic carbocycles. The molecule has 1 aromatic heterocycles. The number of carbonyl (C=O) groups is 2. The van der Waals surface area contributed by atoms with Gasteiger partial charge in [0, 0.05) is 17.0 Å². The number of hydrogen-bond donors (Lipinski definition) is 1. The first kappa shape index (κ1) is 19.4. The molecule has 1 N–H and O–H groups in total. The molecule has 0 bridgehead atoms. The molecular weight excluding hydrogens is 390 g/mol. The smallest absolute Gasteiger partial charge is 0.341 e. The number of nitrogens with one attached hydrogen (secondary N) is 1. The number of methoxy groups -OCH3 is 1. The minimum atomic E-state index is -1.06. The van der Waals surface area contributed by atoms with Crippen LogP contribution in [0, 0.1) is 11.6 Å². The third-order valence-corrected chi connectivity index (χ3v) is 4.38. The number of esters is 1. The molecule has 0 saturated carbocycles. The molecule has 0 aliphatic heterocycles. The van der Waals surface area contributed by atoms with Crippen LogP contribution in [0.5, 0.6) is 5.75 Å². The van der Waals surface area contributed by atoms with Gasteiger partial charge >= 0.3 is 5.97 Å². The highest BCUT2D eigenvalue weighted by molar-refractivity contribution is 7.14. The number of aromatic nitrogens is 1. The summed E-state index contributed by atoms with van der Waals surface area (Å²) in [6.07, 6.45) is 0. The average Bonchev–Trinajstić information content (AvgIpc) is 3.14. The van der Waals surface area contributed by atoms with Crippen molar-refractivity contribution in [3.8, 4) is 17.0 Å². The van der Waals surface area contributed by atoms with E-state index in [4.69, 9.17) is 9.47 Å². The van der Waals surface area contributed by atoms with Crippen molar-refractivity contribution in [3.05, 3.63) is 65.0 Å². The fourth-order valence-corrected chi connectivity index (χ4v) is 2.98. The van der Waals surface area contributed by atoms with Crippen LogP contribution in [0.1, 0.15) is 10.4 Å². The van der Waals surface area contributed by atoms with Crippen molar-refractivity contribution in [2.45, 2.75) is 0 Å². The highest BCUT2D eigenvalue weighted by atomic mass is 32.1. The van der Waals surface area contributed by atoms with Crippen LogP contribution in [-0.4, -0.2) is 30.6 Å². The van der Waals surface area contributed by atoms with Gasteiger partial charge in [0.1, 0.15) is 17.4 Å². The Kier molecular flexibility index (Phi) is 5.95. The molecule has 0 fully saturated rings. The number of benzene rings is 2. The quantitative estimate of drug-likeness (QED) is 0.631. The molecule has 1 amide bonds. The number of thiazole rings is 1. The van der Waals surface area contributed by atoms with Gasteiger partial charge in [0.25, 0.3) is 5.91 Å². The molecule has 144 valence electrons. The number of carbonyl (C=O) groups excluding carboxylic acids is 2. The lowest BCUT2D eigenvalue weighted by Crippen LogP contribution is -2.21. The summed E-state index contributed by atoms with van der Waals surface area (Å²) in [5, 5.41) is 4.58. The van der Waals surface area contributed by atoms with Gasteiger partial charge in [-0.3, -0.25) is 10.1 Å². The summed E-state index contributed by atoms with van der Waals surface area (Å²) in [6, 6.07) is 9.69. The number of hydrogen-bond acceptors (Lipinski definition) is 6. The van der Waals surface area contributed by atoms with E-state index in [9.17, 15) is 18.4 Å². The molecule has 3 rings (SSSR count). The number of anilines is 1. The number of amides is 1. The highest BCUT2D eigenvalue weighted by Crippen LogP contribution is 2.26. The summed E-state index contributed by atoms with van der Waals surface area (Å²) in [5.41, 5.74) is 1.05. The molecule has 9 heteroatoms. The fraction of sp³-hybridized carbons (Fsp3) is 0.105. The third-order valence-electron chi connectivity index (χ3n) is 3.62. The van der Waals surface area contributed by atoms with Crippen LogP contribution in [0.2, 0.25) is 0 Å². The van der Waals surface area contributed by atoms with Gasteiger partial charge in [0.05, 0.1) is 18.4 Å². The molecule has 0 saturated heterocycles. The summed E-state index contributed by atoms with van der Waals surface area (Å²) in [6.45, 7) is -0.632. The van der Waals surface area contributed by atoms with Gasteiger partial charge in [-0.05, 0) is 36.4 Å². The monoisotopic (exact) mass is 404 g/mol. The van der Waals surface area contributed by atoms with E-state index in [0.717, 1.165) is 17.7 Å². The molecule has 28 heavy (non-hydrogen) atoms. The topological polar surface area (TPSA) is 77.5 Å². The molecule has 0 aliphatic carbocycles. The van der Waals surface area contributed by atoms with Crippen LogP contribution in [0.15, 0.2) is 47.8 Å². The first-order chi connectivity index (χ1) is 13.5. The maximum absolute atomic E-state index is 13.5. The Balaban J connectivity index is 1.56. The minimum Gasteiger partial charge on any atom is -0.497 e. The SMILES string of the molecule is COc1ccc(-c2csc(NC(=O)COC(=O)c3ccc(F)cc3F)n2)cc1. The molecule has 0 aliphatic rings.